The zero-order valence-corrected chi connectivity index (χ0v) is 12.2. The molecule has 1 aliphatic rings. The van der Waals surface area contributed by atoms with Crippen molar-refractivity contribution in [2.75, 3.05) is 12.0 Å². The first-order chi connectivity index (χ1) is 11.3. The normalized spacial score (nSPS) is 14.6. The van der Waals surface area contributed by atoms with Gasteiger partial charge in [-0.25, -0.2) is 4.90 Å². The molecule has 1 aromatic heterocycles. The minimum absolute atomic E-state index is 0.138. The summed E-state index contributed by atoms with van der Waals surface area (Å²) in [6, 6.07) is 5.72. The number of hydrogen-bond acceptors (Lipinski definition) is 4. The fourth-order valence-corrected chi connectivity index (χ4v) is 2.34. The van der Waals surface area contributed by atoms with E-state index in [4.69, 9.17) is 4.74 Å². The highest BCUT2D eigenvalue weighted by atomic mass is 19.4. The molecule has 0 spiro atoms. The molecule has 0 atom stereocenters. The lowest BCUT2D eigenvalue weighted by atomic mass is 10.0. The standard InChI is InChI=1S/C15H10F3N3O3/c1-24-9-4-2-8(3-5-9)12-13(15(16,17)18)19-20-14(12)21-10(22)6-7-11(21)23/h2-7H,1H3,(H,19,20). The molecule has 0 bridgehead atoms. The molecule has 2 heterocycles. The molecule has 0 saturated heterocycles. The predicted octanol–water partition coefficient (Wildman–Crippen LogP) is 2.53. The SMILES string of the molecule is COc1ccc(-c2c(N3C(=O)C=CC3=O)n[nH]c2C(F)(F)F)cc1. The Bertz CT molecular complexity index is 820. The molecule has 0 radical (unpaired) electrons. The van der Waals surface area contributed by atoms with Crippen molar-refractivity contribution in [2.45, 2.75) is 6.18 Å². The number of amides is 2. The maximum atomic E-state index is 13.3. The van der Waals surface area contributed by atoms with E-state index in [2.05, 4.69) is 5.10 Å². The number of nitrogens with one attached hydrogen (secondary N) is 1. The van der Waals surface area contributed by atoms with Crippen LogP contribution in [0.25, 0.3) is 11.1 Å². The van der Waals surface area contributed by atoms with Gasteiger partial charge in [-0.05, 0) is 17.7 Å². The average molecular weight is 337 g/mol. The number of halogens is 3. The fraction of sp³-hybridized carbons (Fsp3) is 0.133. The second-order valence-electron chi connectivity index (χ2n) is 4.87. The molecule has 0 unspecified atom stereocenters. The van der Waals surface area contributed by atoms with Crippen LogP contribution >= 0.6 is 0 Å². The largest absolute Gasteiger partial charge is 0.497 e. The number of nitrogens with zero attached hydrogens (tertiary/aromatic N) is 2. The highest BCUT2D eigenvalue weighted by Gasteiger charge is 2.41. The molecule has 1 N–H and O–H groups in total. The molecule has 24 heavy (non-hydrogen) atoms. The third-order valence-corrected chi connectivity index (χ3v) is 3.43. The van der Waals surface area contributed by atoms with E-state index in [-0.39, 0.29) is 11.1 Å². The van der Waals surface area contributed by atoms with Crippen molar-refractivity contribution in [2.24, 2.45) is 0 Å². The van der Waals surface area contributed by atoms with Crippen LogP contribution in [0.1, 0.15) is 5.69 Å². The van der Waals surface area contributed by atoms with Gasteiger partial charge in [0.05, 0.1) is 12.7 Å². The lowest BCUT2D eigenvalue weighted by Crippen LogP contribution is -2.30. The Labute approximate surface area is 133 Å². The number of rotatable bonds is 3. The predicted molar refractivity (Wildman–Crippen MR) is 77.2 cm³/mol. The van der Waals surface area contributed by atoms with Gasteiger partial charge in [0.1, 0.15) is 11.4 Å². The van der Waals surface area contributed by atoms with E-state index in [1.165, 1.54) is 31.4 Å². The minimum atomic E-state index is -4.74. The first-order valence-electron chi connectivity index (χ1n) is 6.69. The monoisotopic (exact) mass is 337 g/mol. The van der Waals surface area contributed by atoms with Gasteiger partial charge >= 0.3 is 6.18 Å². The summed E-state index contributed by atoms with van der Waals surface area (Å²) >= 11 is 0. The van der Waals surface area contributed by atoms with Crippen molar-refractivity contribution in [1.29, 1.82) is 0 Å². The van der Waals surface area contributed by atoms with E-state index in [1.54, 1.807) is 0 Å². The molecule has 1 aromatic carbocycles. The molecule has 1 aliphatic heterocycles. The molecule has 6 nitrogen and oxygen atoms in total. The van der Waals surface area contributed by atoms with Crippen LogP contribution in [0.5, 0.6) is 5.75 Å². The number of anilines is 1. The number of ether oxygens (including phenoxy) is 1. The Kier molecular flexibility index (Phi) is 3.63. The van der Waals surface area contributed by atoms with Gasteiger partial charge < -0.3 is 4.74 Å². The van der Waals surface area contributed by atoms with Crippen molar-refractivity contribution in [3.8, 4) is 16.9 Å². The smallest absolute Gasteiger partial charge is 0.433 e. The summed E-state index contributed by atoms with van der Waals surface area (Å²) in [6.07, 6.45) is -2.79. The van der Waals surface area contributed by atoms with Gasteiger partial charge in [-0.1, -0.05) is 12.1 Å². The van der Waals surface area contributed by atoms with Crippen LogP contribution in [-0.4, -0.2) is 29.1 Å². The van der Waals surface area contributed by atoms with Crippen LogP contribution in [-0.2, 0) is 15.8 Å². The van der Waals surface area contributed by atoms with Gasteiger partial charge in [0, 0.05) is 12.2 Å². The second-order valence-corrected chi connectivity index (χ2v) is 4.87. The van der Waals surface area contributed by atoms with E-state index < -0.39 is 29.5 Å². The number of alkyl halides is 3. The summed E-state index contributed by atoms with van der Waals surface area (Å²) in [6.45, 7) is 0. The van der Waals surface area contributed by atoms with Crippen LogP contribution in [0.4, 0.5) is 19.0 Å². The first-order valence-corrected chi connectivity index (χ1v) is 6.69. The van der Waals surface area contributed by atoms with Crippen molar-refractivity contribution in [3.63, 3.8) is 0 Å². The Morgan fingerprint density at radius 3 is 2.17 bits per heavy atom. The van der Waals surface area contributed by atoms with Gasteiger partial charge in [0.25, 0.3) is 11.8 Å². The molecule has 0 aliphatic carbocycles. The summed E-state index contributed by atoms with van der Waals surface area (Å²) in [5, 5.41) is 5.43. The molecule has 124 valence electrons. The molecular weight excluding hydrogens is 327 g/mol. The third-order valence-electron chi connectivity index (χ3n) is 3.43. The number of hydrogen-bond donors (Lipinski definition) is 1. The maximum absolute atomic E-state index is 13.3. The Morgan fingerprint density at radius 2 is 1.67 bits per heavy atom. The Hall–Kier alpha value is -3.10. The van der Waals surface area contributed by atoms with E-state index in [1.807, 2.05) is 5.10 Å². The minimum Gasteiger partial charge on any atom is -0.497 e. The van der Waals surface area contributed by atoms with Crippen LogP contribution in [0, 0.1) is 0 Å². The van der Waals surface area contributed by atoms with Gasteiger partial charge in [-0.2, -0.15) is 18.3 Å². The van der Waals surface area contributed by atoms with Crippen molar-refractivity contribution in [3.05, 3.63) is 42.1 Å². The van der Waals surface area contributed by atoms with Crippen LogP contribution in [0.15, 0.2) is 36.4 Å². The number of carbonyl (C=O) groups is 2. The quantitative estimate of drug-likeness (QED) is 0.874. The van der Waals surface area contributed by atoms with Crippen LogP contribution in [0.3, 0.4) is 0 Å². The number of methoxy groups -OCH3 is 1. The highest BCUT2D eigenvalue weighted by molar-refractivity contribution is 6.28. The summed E-state index contributed by atoms with van der Waals surface area (Å²) < 4.78 is 44.8. The number of imide groups is 1. The average Bonchev–Trinajstić information content (AvgIpc) is 3.10. The lowest BCUT2D eigenvalue weighted by molar-refractivity contribution is -0.140. The first kappa shape index (κ1) is 15.8. The Balaban J connectivity index is 2.19. The second kappa shape index (κ2) is 5.52. The van der Waals surface area contributed by atoms with Crippen molar-refractivity contribution >= 4 is 17.6 Å². The number of benzene rings is 1. The molecule has 0 fully saturated rings. The van der Waals surface area contributed by atoms with Crippen LogP contribution < -0.4 is 9.64 Å². The van der Waals surface area contributed by atoms with Gasteiger partial charge in [-0.15, -0.1) is 0 Å². The van der Waals surface area contributed by atoms with E-state index >= 15 is 0 Å². The zero-order valence-electron chi connectivity index (χ0n) is 12.2. The van der Waals surface area contributed by atoms with Crippen molar-refractivity contribution in [1.82, 2.24) is 10.2 Å². The van der Waals surface area contributed by atoms with Crippen molar-refractivity contribution < 1.29 is 27.5 Å². The fourth-order valence-electron chi connectivity index (χ4n) is 2.34. The van der Waals surface area contributed by atoms with E-state index in [9.17, 15) is 22.8 Å². The molecular formula is C15H10F3N3O3. The van der Waals surface area contributed by atoms with E-state index in [0.717, 1.165) is 12.2 Å². The summed E-state index contributed by atoms with van der Waals surface area (Å²) in [4.78, 5) is 24.2. The third kappa shape index (κ3) is 2.53. The summed E-state index contributed by atoms with van der Waals surface area (Å²) in [5.74, 6) is -1.45. The zero-order chi connectivity index (χ0) is 17.5. The van der Waals surface area contributed by atoms with Crippen LogP contribution in [0.2, 0.25) is 0 Å². The number of aromatic nitrogens is 2. The van der Waals surface area contributed by atoms with Gasteiger partial charge in [0.15, 0.2) is 5.82 Å². The van der Waals surface area contributed by atoms with Gasteiger partial charge in [0.2, 0.25) is 0 Å². The number of H-pyrrole nitrogens is 1. The topological polar surface area (TPSA) is 75.3 Å². The van der Waals surface area contributed by atoms with Gasteiger partial charge in [-0.3, -0.25) is 14.7 Å². The molecule has 2 aromatic rings. The Morgan fingerprint density at radius 1 is 1.08 bits per heavy atom. The highest BCUT2D eigenvalue weighted by Crippen LogP contribution is 2.41. The molecule has 3 rings (SSSR count). The molecule has 9 heteroatoms. The number of aromatic amines is 1. The summed E-state index contributed by atoms with van der Waals surface area (Å²) in [7, 11) is 1.42. The lowest BCUT2D eigenvalue weighted by Gasteiger charge is -2.14. The molecule has 2 amide bonds. The van der Waals surface area contributed by atoms with E-state index in [0.29, 0.717) is 10.6 Å². The maximum Gasteiger partial charge on any atom is 0.433 e. The summed E-state index contributed by atoms with van der Waals surface area (Å²) in [5.41, 5.74) is -1.38. The number of carbonyl (C=O) groups excluding carboxylic acids is 2. The molecule has 0 saturated carbocycles.